The molecule has 18 unspecified atom stereocenters. The molecule has 0 aromatic carbocycles. The molecule has 0 amide bonds. The van der Waals surface area contributed by atoms with Crippen LogP contribution in [-0.4, -0.2) is 67.0 Å². The Hall–Kier alpha value is -0.960. The number of nitrogens with zero attached hydrogens (tertiary/aromatic N) is 4. The largest absolute Gasteiger partial charge is 0.387 e. The molecule has 8 nitrogen and oxygen atoms in total. The second-order valence-electron chi connectivity index (χ2n) is 17.3. The molecule has 0 saturated heterocycles. The smallest absolute Gasteiger partial charge is 0.0947 e. The first-order chi connectivity index (χ1) is 22.2. The van der Waals surface area contributed by atoms with Crippen molar-refractivity contribution in [3.05, 3.63) is 0 Å². The van der Waals surface area contributed by atoms with E-state index in [1.54, 1.807) is 0 Å². The summed E-state index contributed by atoms with van der Waals surface area (Å²) in [6.07, 6.45) is 7.72. The average molecular weight is 727 g/mol. The zero-order valence-electron chi connectivity index (χ0n) is 28.1. The number of fused-ring (bicyclic) bond motifs is 4. The van der Waals surface area contributed by atoms with Gasteiger partial charge in [-0.1, -0.05) is 40.5 Å². The van der Waals surface area contributed by atoms with Crippen molar-refractivity contribution in [1.82, 2.24) is 0 Å². The highest BCUT2D eigenvalue weighted by Gasteiger charge is 2.81. The lowest BCUT2D eigenvalue weighted by Gasteiger charge is -2.42. The minimum absolute atomic E-state index is 0.0217. The number of aliphatic imine (C=N–C) groups is 4. The average Bonchev–Trinajstić information content (AvgIpc) is 3.93. The number of halogens is 4. The fourth-order valence-electron chi connectivity index (χ4n) is 12.4. The molecular weight excluding hydrogens is 674 g/mol. The highest BCUT2D eigenvalue weighted by molar-refractivity contribution is 6.26. The molecule has 260 valence electrons. The van der Waals surface area contributed by atoms with Crippen molar-refractivity contribution >= 4 is 69.7 Å². The highest BCUT2D eigenvalue weighted by atomic mass is 35.5. The first-order valence-electron chi connectivity index (χ1n) is 18.1. The normalized spacial score (nSPS) is 54.6. The molecule has 0 spiro atoms. The van der Waals surface area contributed by atoms with Gasteiger partial charge in [0.2, 0.25) is 0 Å². The van der Waals surface area contributed by atoms with Crippen LogP contribution in [0.5, 0.6) is 0 Å². The van der Waals surface area contributed by atoms with Gasteiger partial charge in [-0.05, 0) is 54.8 Å². The Morgan fingerprint density at radius 2 is 0.957 bits per heavy atom. The van der Waals surface area contributed by atoms with E-state index in [1.807, 2.05) is 0 Å². The summed E-state index contributed by atoms with van der Waals surface area (Å²) >= 11 is 29.0. The number of hydrogen-bond acceptors (Lipinski definition) is 8. The van der Waals surface area contributed by atoms with E-state index in [-0.39, 0.29) is 56.6 Å². The van der Waals surface area contributed by atoms with Crippen LogP contribution >= 0.6 is 46.4 Å². The van der Waals surface area contributed by atoms with Crippen LogP contribution in [0.25, 0.3) is 0 Å². The number of rotatable bonds is 10. The fourth-order valence-corrected chi connectivity index (χ4v) is 15.3. The van der Waals surface area contributed by atoms with Crippen molar-refractivity contribution in [2.45, 2.75) is 129 Å². The number of amidine groups is 4. The van der Waals surface area contributed by atoms with Crippen molar-refractivity contribution in [1.29, 1.82) is 0 Å². The van der Waals surface area contributed by atoms with E-state index in [9.17, 15) is 0 Å². The molecule has 4 aliphatic carbocycles. The Bertz CT molecular complexity index is 1470. The van der Waals surface area contributed by atoms with Crippen LogP contribution in [0.15, 0.2) is 20.0 Å². The van der Waals surface area contributed by atoms with E-state index in [2.05, 4.69) is 27.7 Å². The molecule has 4 heterocycles. The molecule has 8 N–H and O–H groups in total. The van der Waals surface area contributed by atoms with E-state index in [0.29, 0.717) is 47.1 Å². The Morgan fingerprint density at radius 3 is 1.49 bits per heavy atom. The molecule has 4 aliphatic heterocycles. The van der Waals surface area contributed by atoms with Gasteiger partial charge in [-0.25, -0.2) is 0 Å². The highest BCUT2D eigenvalue weighted by Crippen LogP contribution is 2.74. The van der Waals surface area contributed by atoms with Gasteiger partial charge >= 0.3 is 0 Å². The maximum absolute atomic E-state index is 7.42. The molecule has 8 aliphatic rings. The lowest BCUT2D eigenvalue weighted by Crippen LogP contribution is -2.47. The molecular formula is C35H52Cl4N8. The molecule has 0 radical (unpaired) electrons. The quantitative estimate of drug-likeness (QED) is 0.170. The Kier molecular flexibility index (Phi) is 7.61. The SMILES string of the molecule is CC1CC(N)=NC2(CCCCC(C(CC34N=C(N)CC(C)C3C4Cl)C34N=C(N)CC(C)C3C4Cl)C34N=C(N)CC(C)C3C4Cl)C(Cl)C12. The molecule has 47 heavy (non-hydrogen) atoms. The summed E-state index contributed by atoms with van der Waals surface area (Å²) in [5.74, 6) is 5.56. The third kappa shape index (κ3) is 4.51. The van der Waals surface area contributed by atoms with Gasteiger partial charge in [0.25, 0.3) is 0 Å². The van der Waals surface area contributed by atoms with Crippen LogP contribution in [0.4, 0.5) is 0 Å². The van der Waals surface area contributed by atoms with E-state index < -0.39 is 16.6 Å². The van der Waals surface area contributed by atoms with Crippen LogP contribution < -0.4 is 22.9 Å². The minimum atomic E-state index is -0.514. The molecule has 4 fully saturated rings. The van der Waals surface area contributed by atoms with Gasteiger partial charge < -0.3 is 22.9 Å². The van der Waals surface area contributed by atoms with Crippen molar-refractivity contribution in [2.75, 3.05) is 0 Å². The monoisotopic (exact) mass is 724 g/mol. The maximum Gasteiger partial charge on any atom is 0.0947 e. The Labute approximate surface area is 299 Å². The van der Waals surface area contributed by atoms with Crippen LogP contribution in [0, 0.1) is 59.2 Å². The third-order valence-electron chi connectivity index (χ3n) is 14.4. The summed E-state index contributed by atoms with van der Waals surface area (Å²) in [7, 11) is 0. The van der Waals surface area contributed by atoms with Crippen molar-refractivity contribution in [3.63, 3.8) is 0 Å². The topological polar surface area (TPSA) is 154 Å². The third-order valence-corrected chi connectivity index (χ3v) is 16.9. The molecule has 4 saturated carbocycles. The number of alkyl halides is 4. The van der Waals surface area contributed by atoms with E-state index >= 15 is 0 Å². The predicted octanol–water partition coefficient (Wildman–Crippen LogP) is 5.66. The van der Waals surface area contributed by atoms with Crippen LogP contribution in [-0.2, 0) is 0 Å². The van der Waals surface area contributed by atoms with Crippen molar-refractivity contribution in [3.8, 4) is 0 Å². The lowest BCUT2D eigenvalue weighted by atomic mass is 9.67. The molecule has 12 heteroatoms. The zero-order valence-corrected chi connectivity index (χ0v) is 31.1. The van der Waals surface area contributed by atoms with E-state index in [4.69, 9.17) is 89.3 Å². The number of nitrogens with two attached hydrogens (primary N) is 4. The van der Waals surface area contributed by atoms with Crippen molar-refractivity contribution < 1.29 is 0 Å². The number of unbranched alkanes of at least 4 members (excludes halogenated alkanes) is 1. The summed E-state index contributed by atoms with van der Waals surface area (Å²) in [6.45, 7) is 9.05. The van der Waals surface area contributed by atoms with E-state index in [1.165, 1.54) is 0 Å². The summed E-state index contributed by atoms with van der Waals surface area (Å²) in [6, 6.07) is 0. The minimum Gasteiger partial charge on any atom is -0.387 e. The van der Waals surface area contributed by atoms with Gasteiger partial charge in [-0.3, -0.25) is 20.0 Å². The summed E-state index contributed by atoms with van der Waals surface area (Å²) in [5.41, 5.74) is 24.4. The first kappa shape index (κ1) is 33.2. The van der Waals surface area contributed by atoms with Crippen LogP contribution in [0.2, 0.25) is 0 Å². The van der Waals surface area contributed by atoms with Gasteiger partial charge in [0, 0.05) is 49.4 Å². The van der Waals surface area contributed by atoms with Crippen LogP contribution in [0.3, 0.4) is 0 Å². The molecule has 0 aromatic heterocycles. The second kappa shape index (κ2) is 10.8. The summed E-state index contributed by atoms with van der Waals surface area (Å²) < 4.78 is 0. The Balaban J connectivity index is 1.17. The molecule has 0 bridgehead atoms. The van der Waals surface area contributed by atoms with Crippen LogP contribution in [0.1, 0.15) is 85.5 Å². The maximum atomic E-state index is 7.42. The fraction of sp³-hybridized carbons (Fsp3) is 0.886. The lowest BCUT2D eigenvalue weighted by molar-refractivity contribution is 0.139. The molecule has 8 rings (SSSR count). The predicted molar refractivity (Wildman–Crippen MR) is 195 cm³/mol. The summed E-state index contributed by atoms with van der Waals surface area (Å²) in [5, 5.41) is -0.245. The molecule has 0 aromatic rings. The van der Waals surface area contributed by atoms with Gasteiger partial charge in [0.1, 0.15) is 0 Å². The van der Waals surface area contributed by atoms with Crippen molar-refractivity contribution in [2.24, 2.45) is 102 Å². The van der Waals surface area contributed by atoms with Gasteiger partial charge in [-0.15, -0.1) is 46.4 Å². The van der Waals surface area contributed by atoms with E-state index in [0.717, 1.165) is 63.6 Å². The zero-order chi connectivity index (χ0) is 33.6. The van der Waals surface area contributed by atoms with Gasteiger partial charge in [-0.2, -0.15) is 0 Å². The first-order valence-corrected chi connectivity index (χ1v) is 19.8. The number of hydrogen-bond donors (Lipinski definition) is 4. The second-order valence-corrected chi connectivity index (χ2v) is 19.1. The van der Waals surface area contributed by atoms with Gasteiger partial charge in [0.15, 0.2) is 0 Å². The van der Waals surface area contributed by atoms with Gasteiger partial charge in [0.05, 0.1) is 67.0 Å². The standard InChI is InChI=1S/C35H52Cl4N8/c1-14-9-20(40)44-32(24(14)28(32)36)8-6-5-7-18(34-26(30(34)38)16(3)11-22(42)46-34)19(35-27(31(35)39)17(4)12-23(43)47-35)13-33-25(29(33)37)15(2)10-21(41)45-33/h14-19,24-31H,5-13H2,1-4H3,(H2,40,44)(H2,41,45)(H2,42,46)(H2,43,47). The molecule has 18 atom stereocenters. The Morgan fingerprint density at radius 1 is 0.553 bits per heavy atom. The summed E-state index contributed by atoms with van der Waals surface area (Å²) in [4.78, 5) is 20.8.